The minimum absolute atomic E-state index is 0.0839. The van der Waals surface area contributed by atoms with Crippen molar-refractivity contribution in [3.63, 3.8) is 0 Å². The predicted molar refractivity (Wildman–Crippen MR) is 208 cm³/mol. The minimum Gasteiger partial charge on any atom is -0.507 e. The summed E-state index contributed by atoms with van der Waals surface area (Å²) in [5.74, 6) is 1.19. The van der Waals surface area contributed by atoms with Crippen molar-refractivity contribution in [1.82, 2.24) is 4.98 Å². The van der Waals surface area contributed by atoms with Crippen LogP contribution in [0.4, 0.5) is 5.69 Å². The molecule has 4 heteroatoms. The molecule has 6 aromatic rings. The Morgan fingerprint density at radius 1 is 0.714 bits per heavy atom. The number of nitrogens with zero attached hydrogens (tertiary/aromatic N) is 2. The molecule has 0 spiro atoms. The predicted octanol–water partition coefficient (Wildman–Crippen LogP) is 12.8. The fourth-order valence-corrected chi connectivity index (χ4v) is 6.32. The highest BCUT2D eigenvalue weighted by atomic mass is 16.3. The third-order valence-corrected chi connectivity index (χ3v) is 9.50. The maximum absolute atomic E-state index is 11.5. The number of fused-ring (bicyclic) bond motifs is 2. The Hall–Kier alpha value is -4.70. The number of hydrogen-bond donors (Lipinski definition) is 1. The second-order valence-electron chi connectivity index (χ2n) is 16.8. The third kappa shape index (κ3) is 6.79. The number of aromatic nitrogens is 1. The van der Waals surface area contributed by atoms with Crippen molar-refractivity contribution in [2.75, 3.05) is 0 Å². The molecule has 0 aliphatic heterocycles. The van der Waals surface area contributed by atoms with Gasteiger partial charge in [0.1, 0.15) is 11.3 Å². The van der Waals surface area contributed by atoms with Crippen molar-refractivity contribution >= 4 is 33.8 Å². The Kier molecular flexibility index (Phi) is 8.59. The Labute approximate surface area is 292 Å². The summed E-state index contributed by atoms with van der Waals surface area (Å²) in [6.07, 6.45) is 1.80. The maximum Gasteiger partial charge on any atom is 0.229 e. The number of phenols is 1. The van der Waals surface area contributed by atoms with Crippen LogP contribution >= 0.6 is 0 Å². The Bertz CT molecular complexity index is 2210. The topological polar surface area (TPSA) is 58.6 Å². The lowest BCUT2D eigenvalue weighted by Crippen LogP contribution is -2.17. The largest absolute Gasteiger partial charge is 0.507 e. The highest BCUT2D eigenvalue weighted by molar-refractivity contribution is 6.03. The zero-order chi connectivity index (χ0) is 35.5. The number of aliphatic imine (C=N–C) groups is 1. The SMILES string of the molecule is CC(C)c1cccc(-c2cc(C(C)(C)C)cc3oc(-c4ccc5ccccc5c4N=Cc4cc(C(C)(C)C)cc(C(C)(C)C)c4O)nc23)c1. The monoisotopic (exact) mass is 650 g/mol. The average molecular weight is 651 g/mol. The van der Waals surface area contributed by atoms with E-state index in [1.165, 1.54) is 11.1 Å². The summed E-state index contributed by atoms with van der Waals surface area (Å²) in [4.78, 5) is 10.3. The van der Waals surface area contributed by atoms with Crippen LogP contribution in [0.1, 0.15) is 110 Å². The number of hydrogen-bond acceptors (Lipinski definition) is 4. The summed E-state index contributed by atoms with van der Waals surface area (Å²) in [6, 6.07) is 29.7. The number of aromatic hydroxyl groups is 1. The highest BCUT2D eigenvalue weighted by Crippen LogP contribution is 2.42. The summed E-state index contributed by atoms with van der Waals surface area (Å²) in [5.41, 5.74) is 10.1. The Morgan fingerprint density at radius 3 is 2.08 bits per heavy atom. The zero-order valence-electron chi connectivity index (χ0n) is 31.0. The van der Waals surface area contributed by atoms with E-state index in [0.717, 1.165) is 55.4 Å². The van der Waals surface area contributed by atoms with E-state index < -0.39 is 0 Å². The van der Waals surface area contributed by atoms with Crippen molar-refractivity contribution < 1.29 is 9.52 Å². The lowest BCUT2D eigenvalue weighted by atomic mass is 9.79. The van der Waals surface area contributed by atoms with E-state index in [2.05, 4.69) is 149 Å². The van der Waals surface area contributed by atoms with Gasteiger partial charge < -0.3 is 9.52 Å². The van der Waals surface area contributed by atoms with Crippen LogP contribution in [0, 0.1) is 0 Å². The Balaban J connectivity index is 1.58. The lowest BCUT2D eigenvalue weighted by molar-refractivity contribution is 0.444. The first-order valence-electron chi connectivity index (χ1n) is 17.4. The molecule has 1 N–H and O–H groups in total. The molecular formula is C45H50N2O2. The second-order valence-corrected chi connectivity index (χ2v) is 16.8. The molecule has 0 aliphatic rings. The first-order valence-corrected chi connectivity index (χ1v) is 17.4. The molecule has 1 aromatic heterocycles. The van der Waals surface area contributed by atoms with Gasteiger partial charge in [0.25, 0.3) is 0 Å². The van der Waals surface area contributed by atoms with Gasteiger partial charge in [-0.3, -0.25) is 4.99 Å². The van der Waals surface area contributed by atoms with Gasteiger partial charge in [-0.2, -0.15) is 0 Å². The fourth-order valence-electron chi connectivity index (χ4n) is 6.32. The molecule has 0 atom stereocenters. The van der Waals surface area contributed by atoms with Crippen molar-refractivity contribution in [2.24, 2.45) is 4.99 Å². The molecule has 0 radical (unpaired) electrons. The molecule has 0 amide bonds. The van der Waals surface area contributed by atoms with E-state index in [4.69, 9.17) is 14.4 Å². The summed E-state index contributed by atoms with van der Waals surface area (Å²) < 4.78 is 6.69. The smallest absolute Gasteiger partial charge is 0.229 e. The van der Waals surface area contributed by atoms with Gasteiger partial charge in [0.15, 0.2) is 5.58 Å². The first-order chi connectivity index (χ1) is 22.9. The summed E-state index contributed by atoms with van der Waals surface area (Å²) in [6.45, 7) is 24.1. The molecule has 0 aliphatic carbocycles. The number of oxazole rings is 1. The van der Waals surface area contributed by atoms with Crippen LogP contribution in [0.2, 0.25) is 0 Å². The molecule has 0 fully saturated rings. The van der Waals surface area contributed by atoms with Gasteiger partial charge >= 0.3 is 0 Å². The van der Waals surface area contributed by atoms with E-state index in [9.17, 15) is 5.11 Å². The molecule has 252 valence electrons. The number of benzene rings is 5. The molecule has 4 nitrogen and oxygen atoms in total. The van der Waals surface area contributed by atoms with Gasteiger partial charge in [-0.05, 0) is 74.1 Å². The average Bonchev–Trinajstić information content (AvgIpc) is 3.46. The molecule has 0 saturated heterocycles. The van der Waals surface area contributed by atoms with Crippen molar-refractivity contribution in [2.45, 2.75) is 98.3 Å². The standard InChI is InChI=1S/C45H50N2O2/c1-27(2)29-16-14-17-30(21-29)36-23-33(44(6,7)8)25-38-40(36)47-42(49-38)35-20-19-28-15-12-13-18-34(28)39(35)46-26-31-22-32(43(3,4)5)24-37(41(31)48)45(9,10)11/h12-27,48H,1-11H3. The number of rotatable bonds is 5. The van der Waals surface area contributed by atoms with Crippen LogP contribution in [0.15, 0.2) is 94.3 Å². The van der Waals surface area contributed by atoms with Crippen LogP contribution in [0.3, 0.4) is 0 Å². The first kappa shape index (κ1) is 34.2. The van der Waals surface area contributed by atoms with E-state index in [0.29, 0.717) is 17.4 Å². The third-order valence-electron chi connectivity index (χ3n) is 9.50. The summed E-state index contributed by atoms with van der Waals surface area (Å²) in [5, 5.41) is 13.6. The van der Waals surface area contributed by atoms with Crippen molar-refractivity contribution in [3.8, 4) is 28.3 Å². The van der Waals surface area contributed by atoms with Gasteiger partial charge in [-0.25, -0.2) is 4.98 Å². The van der Waals surface area contributed by atoms with Gasteiger partial charge in [0.2, 0.25) is 5.89 Å². The summed E-state index contributed by atoms with van der Waals surface area (Å²) >= 11 is 0. The van der Waals surface area contributed by atoms with Crippen molar-refractivity contribution in [3.05, 3.63) is 113 Å². The zero-order valence-corrected chi connectivity index (χ0v) is 31.0. The maximum atomic E-state index is 11.5. The molecule has 6 rings (SSSR count). The molecule has 49 heavy (non-hydrogen) atoms. The van der Waals surface area contributed by atoms with Crippen LogP contribution in [0.25, 0.3) is 44.5 Å². The Morgan fingerprint density at radius 2 is 1.41 bits per heavy atom. The van der Waals surface area contributed by atoms with Gasteiger partial charge in [-0.1, -0.05) is 137 Å². The van der Waals surface area contributed by atoms with Crippen LogP contribution in [0.5, 0.6) is 5.75 Å². The molecular weight excluding hydrogens is 601 g/mol. The highest BCUT2D eigenvalue weighted by Gasteiger charge is 2.26. The van der Waals surface area contributed by atoms with Crippen LogP contribution in [-0.4, -0.2) is 16.3 Å². The van der Waals surface area contributed by atoms with E-state index in [-0.39, 0.29) is 22.0 Å². The van der Waals surface area contributed by atoms with Gasteiger partial charge in [-0.15, -0.1) is 0 Å². The van der Waals surface area contributed by atoms with Crippen LogP contribution < -0.4 is 0 Å². The van der Waals surface area contributed by atoms with Gasteiger partial charge in [0, 0.05) is 28.3 Å². The normalized spacial score (nSPS) is 13.0. The molecule has 5 aromatic carbocycles. The lowest BCUT2D eigenvalue weighted by Gasteiger charge is -2.27. The molecule has 0 unspecified atom stereocenters. The van der Waals surface area contributed by atoms with E-state index in [1.807, 2.05) is 12.1 Å². The fraction of sp³-hybridized carbons (Fsp3) is 0.333. The summed E-state index contributed by atoms with van der Waals surface area (Å²) in [7, 11) is 0. The quantitative estimate of drug-likeness (QED) is 0.189. The van der Waals surface area contributed by atoms with Crippen molar-refractivity contribution in [1.29, 1.82) is 0 Å². The van der Waals surface area contributed by atoms with Gasteiger partial charge in [0.05, 0.1) is 11.3 Å². The van der Waals surface area contributed by atoms with E-state index in [1.54, 1.807) is 6.21 Å². The minimum atomic E-state index is -0.241. The van der Waals surface area contributed by atoms with Crippen LogP contribution in [-0.2, 0) is 16.2 Å². The molecule has 0 bridgehead atoms. The van der Waals surface area contributed by atoms with E-state index >= 15 is 0 Å². The molecule has 1 heterocycles. The second kappa shape index (κ2) is 12.3. The number of phenolic OH excluding ortho intramolecular Hbond substituents is 1. The molecule has 0 saturated carbocycles.